The van der Waals surface area contributed by atoms with Crippen molar-refractivity contribution in [2.24, 2.45) is 0 Å². The van der Waals surface area contributed by atoms with Gasteiger partial charge in [-0.1, -0.05) is 29.6 Å². The quantitative estimate of drug-likeness (QED) is 0.485. The van der Waals surface area contributed by atoms with Crippen molar-refractivity contribution in [2.75, 3.05) is 6.54 Å². The van der Waals surface area contributed by atoms with Gasteiger partial charge in [-0.2, -0.15) is 10.1 Å². The summed E-state index contributed by atoms with van der Waals surface area (Å²) in [6.45, 7) is 2.53. The molecular formula is C26H31N5O2. The Kier molecular flexibility index (Phi) is 6.37. The molecule has 0 aliphatic heterocycles. The van der Waals surface area contributed by atoms with Gasteiger partial charge >= 0.3 is 0 Å². The van der Waals surface area contributed by atoms with Crippen molar-refractivity contribution in [1.82, 2.24) is 25.2 Å². The average molecular weight is 446 g/mol. The van der Waals surface area contributed by atoms with E-state index < -0.39 is 0 Å². The molecule has 172 valence electrons. The second-order valence-corrected chi connectivity index (χ2v) is 9.17. The predicted octanol–water partition coefficient (Wildman–Crippen LogP) is 5.51. The molecule has 0 atom stereocenters. The van der Waals surface area contributed by atoms with E-state index in [1.165, 1.54) is 37.7 Å². The van der Waals surface area contributed by atoms with Gasteiger partial charge in [0.15, 0.2) is 0 Å². The van der Waals surface area contributed by atoms with Gasteiger partial charge in [-0.15, -0.1) is 0 Å². The molecule has 1 saturated carbocycles. The van der Waals surface area contributed by atoms with Crippen LogP contribution >= 0.6 is 0 Å². The molecule has 1 amide bonds. The van der Waals surface area contributed by atoms with E-state index in [0.29, 0.717) is 29.5 Å². The fourth-order valence-electron chi connectivity index (χ4n) is 4.83. The minimum absolute atomic E-state index is 0.0713. The van der Waals surface area contributed by atoms with E-state index in [9.17, 15) is 4.79 Å². The van der Waals surface area contributed by atoms with Crippen molar-refractivity contribution in [3.8, 4) is 17.1 Å². The van der Waals surface area contributed by atoms with E-state index in [-0.39, 0.29) is 5.91 Å². The number of nitrogens with zero attached hydrogens (tertiary/aromatic N) is 4. The fourth-order valence-corrected chi connectivity index (χ4v) is 4.83. The molecule has 0 spiro atoms. The zero-order valence-electron chi connectivity index (χ0n) is 19.2. The van der Waals surface area contributed by atoms with Crippen LogP contribution in [0.1, 0.15) is 85.6 Å². The van der Waals surface area contributed by atoms with E-state index >= 15 is 0 Å². The number of aryl methyl sites for hydroxylation is 1. The molecule has 7 heteroatoms. The van der Waals surface area contributed by atoms with E-state index in [1.807, 2.05) is 31.2 Å². The number of allylic oxidation sites excluding steroid dienone is 1. The molecule has 1 fully saturated rings. The van der Waals surface area contributed by atoms with Gasteiger partial charge in [0.1, 0.15) is 0 Å². The number of nitrogens with one attached hydrogen (secondary N) is 1. The molecule has 33 heavy (non-hydrogen) atoms. The highest BCUT2D eigenvalue weighted by molar-refractivity contribution is 5.95. The van der Waals surface area contributed by atoms with E-state index in [1.54, 1.807) is 10.9 Å². The van der Waals surface area contributed by atoms with Crippen LogP contribution in [-0.2, 0) is 0 Å². The van der Waals surface area contributed by atoms with E-state index in [2.05, 4.69) is 26.6 Å². The summed E-state index contributed by atoms with van der Waals surface area (Å²) in [7, 11) is 0. The van der Waals surface area contributed by atoms with Crippen LogP contribution in [0, 0.1) is 6.92 Å². The molecule has 1 aromatic carbocycles. The molecule has 3 aromatic rings. The lowest BCUT2D eigenvalue weighted by Gasteiger charge is -2.12. The molecule has 0 bridgehead atoms. The normalized spacial score (nSPS) is 16.7. The summed E-state index contributed by atoms with van der Waals surface area (Å²) in [5.41, 5.74) is 4.58. The first-order chi connectivity index (χ1) is 16.2. The molecule has 2 aliphatic carbocycles. The Hall–Kier alpha value is -3.22. The lowest BCUT2D eigenvalue weighted by atomic mass is 9.97. The van der Waals surface area contributed by atoms with E-state index in [0.717, 1.165) is 42.8 Å². The molecule has 1 N–H and O–H groups in total. The highest BCUT2D eigenvalue weighted by atomic mass is 16.5. The van der Waals surface area contributed by atoms with Gasteiger partial charge in [0.2, 0.25) is 11.7 Å². The van der Waals surface area contributed by atoms with Crippen molar-refractivity contribution in [3.05, 3.63) is 59.3 Å². The summed E-state index contributed by atoms with van der Waals surface area (Å²) < 4.78 is 7.26. The average Bonchev–Trinajstić information content (AvgIpc) is 3.60. The maximum atomic E-state index is 12.7. The first-order valence-electron chi connectivity index (χ1n) is 12.1. The van der Waals surface area contributed by atoms with Crippen LogP contribution < -0.4 is 5.32 Å². The molecule has 5 rings (SSSR count). The topological polar surface area (TPSA) is 85.8 Å². The zero-order chi connectivity index (χ0) is 22.6. The monoisotopic (exact) mass is 445 g/mol. The Morgan fingerprint density at radius 3 is 2.73 bits per heavy atom. The lowest BCUT2D eigenvalue weighted by Crippen LogP contribution is -2.25. The van der Waals surface area contributed by atoms with Gasteiger partial charge in [-0.25, -0.2) is 4.68 Å². The third-order valence-corrected chi connectivity index (χ3v) is 6.80. The van der Waals surface area contributed by atoms with Crippen LogP contribution in [0.25, 0.3) is 17.1 Å². The standard InChI is InChI=1S/C26H31N5O2/c1-18-23(25(32)27-16-15-19-7-3-2-4-8-19)17-31(29-18)22-13-11-20(12-14-22)24-28-26(33-30-24)21-9-5-6-10-21/h7,11-14,17,21H,2-6,8-10,15-16H2,1H3,(H,27,32). The zero-order valence-corrected chi connectivity index (χ0v) is 19.2. The summed E-state index contributed by atoms with van der Waals surface area (Å²) in [5.74, 6) is 1.71. The van der Waals surface area contributed by atoms with Gasteiger partial charge in [0.05, 0.1) is 16.9 Å². The van der Waals surface area contributed by atoms with E-state index in [4.69, 9.17) is 4.52 Å². The summed E-state index contributed by atoms with van der Waals surface area (Å²) >= 11 is 0. The fraction of sp³-hybridized carbons (Fsp3) is 0.462. The third kappa shape index (κ3) is 4.92. The van der Waals surface area contributed by atoms with Crippen LogP contribution in [0.15, 0.2) is 46.6 Å². The van der Waals surface area contributed by atoms with Crippen LogP contribution in [0.2, 0.25) is 0 Å². The largest absolute Gasteiger partial charge is 0.352 e. The number of benzene rings is 1. The SMILES string of the molecule is Cc1nn(-c2ccc(-c3noc(C4CCCC4)n3)cc2)cc1C(=O)NCCC1=CCCCC1. The second kappa shape index (κ2) is 9.73. The summed E-state index contributed by atoms with van der Waals surface area (Å²) in [6, 6.07) is 7.86. The summed E-state index contributed by atoms with van der Waals surface area (Å²) in [6.07, 6.45) is 14.7. The number of aromatic nitrogens is 4. The van der Waals surface area contributed by atoms with Crippen molar-refractivity contribution >= 4 is 5.91 Å². The molecule has 2 heterocycles. The Morgan fingerprint density at radius 1 is 1.15 bits per heavy atom. The van der Waals surface area contributed by atoms with Crippen LogP contribution in [0.5, 0.6) is 0 Å². The molecule has 0 saturated heterocycles. The minimum atomic E-state index is -0.0713. The minimum Gasteiger partial charge on any atom is -0.352 e. The van der Waals surface area contributed by atoms with Gasteiger partial charge in [0, 0.05) is 24.2 Å². The smallest absolute Gasteiger partial charge is 0.254 e. The van der Waals surface area contributed by atoms with Gasteiger partial charge in [-0.3, -0.25) is 4.79 Å². The first kappa shape index (κ1) is 21.6. The summed E-state index contributed by atoms with van der Waals surface area (Å²) in [4.78, 5) is 17.3. The molecule has 2 aliphatic rings. The van der Waals surface area contributed by atoms with Crippen LogP contribution in [0.4, 0.5) is 0 Å². The van der Waals surface area contributed by atoms with Crippen molar-refractivity contribution in [2.45, 2.75) is 70.6 Å². The van der Waals surface area contributed by atoms with Crippen LogP contribution in [-0.4, -0.2) is 32.4 Å². The van der Waals surface area contributed by atoms with Crippen molar-refractivity contribution in [3.63, 3.8) is 0 Å². The predicted molar refractivity (Wildman–Crippen MR) is 126 cm³/mol. The molecule has 7 nitrogen and oxygen atoms in total. The van der Waals surface area contributed by atoms with Crippen molar-refractivity contribution < 1.29 is 9.32 Å². The first-order valence-corrected chi connectivity index (χ1v) is 12.1. The molecule has 2 aromatic heterocycles. The lowest BCUT2D eigenvalue weighted by molar-refractivity contribution is 0.0953. The molecule has 0 unspecified atom stereocenters. The Labute approximate surface area is 194 Å². The van der Waals surface area contributed by atoms with Gasteiger partial charge in [-0.05, 0) is 76.1 Å². The maximum absolute atomic E-state index is 12.7. The highest BCUT2D eigenvalue weighted by Gasteiger charge is 2.23. The molecular weight excluding hydrogens is 414 g/mol. The van der Waals surface area contributed by atoms with Crippen LogP contribution in [0.3, 0.4) is 0 Å². The number of hydrogen-bond donors (Lipinski definition) is 1. The summed E-state index contributed by atoms with van der Waals surface area (Å²) in [5, 5.41) is 11.8. The van der Waals surface area contributed by atoms with Gasteiger partial charge in [0.25, 0.3) is 5.91 Å². The Morgan fingerprint density at radius 2 is 1.97 bits per heavy atom. The Bertz CT molecular complexity index is 1140. The number of amides is 1. The maximum Gasteiger partial charge on any atom is 0.254 e. The van der Waals surface area contributed by atoms with Gasteiger partial charge < -0.3 is 9.84 Å². The number of carbonyl (C=O) groups excluding carboxylic acids is 1. The number of hydrogen-bond acceptors (Lipinski definition) is 5. The number of rotatable bonds is 7. The van der Waals surface area contributed by atoms with Crippen molar-refractivity contribution in [1.29, 1.82) is 0 Å². The third-order valence-electron chi connectivity index (χ3n) is 6.80. The highest BCUT2D eigenvalue weighted by Crippen LogP contribution is 2.34. The second-order valence-electron chi connectivity index (χ2n) is 9.17. The Balaban J connectivity index is 1.23. The number of carbonyl (C=O) groups is 1. The molecule has 0 radical (unpaired) electrons.